The molecule has 3 heteroatoms. The van der Waals surface area contributed by atoms with E-state index in [4.69, 9.17) is 0 Å². The van der Waals surface area contributed by atoms with Crippen LogP contribution in [0.5, 0.6) is 0 Å². The molecule has 2 rings (SSSR count). The molecule has 0 aliphatic rings. The Balaban J connectivity index is 2.97. The summed E-state index contributed by atoms with van der Waals surface area (Å²) in [5.41, 5.74) is 2.80. The molecule has 1 aromatic carbocycles. The number of hydrogen-bond donors (Lipinski definition) is 0. The van der Waals surface area contributed by atoms with Crippen LogP contribution in [0.3, 0.4) is 0 Å². The van der Waals surface area contributed by atoms with E-state index in [2.05, 4.69) is 4.98 Å². The van der Waals surface area contributed by atoms with Crippen LogP contribution in [-0.4, -0.2) is 9.55 Å². The van der Waals surface area contributed by atoms with Gasteiger partial charge in [-0.05, 0) is 24.6 Å². The third-order valence-electron chi connectivity index (χ3n) is 2.14. The molecule has 13 heavy (non-hydrogen) atoms. The van der Waals surface area contributed by atoms with Gasteiger partial charge in [0, 0.05) is 7.05 Å². The molecule has 0 saturated carbocycles. The number of aryl methyl sites for hydroxylation is 2. The van der Waals surface area contributed by atoms with Crippen LogP contribution in [0.15, 0.2) is 29.2 Å². The second-order valence-electron chi connectivity index (χ2n) is 3.15. The molecule has 1 heterocycles. The number of benzene rings is 1. The molecule has 0 radical (unpaired) electrons. The molecule has 2 aromatic rings. The molecular formula is C10H10N2O. The maximum Gasteiger partial charge on any atom is 0.269 e. The van der Waals surface area contributed by atoms with E-state index < -0.39 is 0 Å². The number of fused-ring (bicyclic) bond motifs is 1. The van der Waals surface area contributed by atoms with Gasteiger partial charge in [-0.25, -0.2) is 4.98 Å². The van der Waals surface area contributed by atoms with Gasteiger partial charge in [-0.15, -0.1) is 0 Å². The standard InChI is InChI=1S/C10H10N2O/c1-7-3-4-8-9(5-7)12(2)10(13)6-11-8/h3-6H,1-2H3. The van der Waals surface area contributed by atoms with E-state index in [1.54, 1.807) is 11.6 Å². The van der Waals surface area contributed by atoms with Gasteiger partial charge in [-0.3, -0.25) is 4.79 Å². The van der Waals surface area contributed by atoms with E-state index in [1.165, 1.54) is 6.20 Å². The van der Waals surface area contributed by atoms with Crippen molar-refractivity contribution in [1.82, 2.24) is 9.55 Å². The predicted octanol–water partition coefficient (Wildman–Crippen LogP) is 1.24. The summed E-state index contributed by atoms with van der Waals surface area (Å²) in [6.07, 6.45) is 1.34. The van der Waals surface area contributed by atoms with Crippen LogP contribution in [0, 0.1) is 6.92 Å². The Bertz CT molecular complexity index is 514. The Morgan fingerprint density at radius 2 is 2.15 bits per heavy atom. The largest absolute Gasteiger partial charge is 0.309 e. The Kier molecular flexibility index (Phi) is 1.65. The second-order valence-corrected chi connectivity index (χ2v) is 3.15. The molecule has 0 spiro atoms. The molecule has 0 unspecified atom stereocenters. The van der Waals surface area contributed by atoms with Crippen LogP contribution >= 0.6 is 0 Å². The monoisotopic (exact) mass is 174 g/mol. The van der Waals surface area contributed by atoms with E-state index in [-0.39, 0.29) is 5.56 Å². The first-order valence-corrected chi connectivity index (χ1v) is 4.11. The first kappa shape index (κ1) is 7.98. The average Bonchev–Trinajstić information content (AvgIpc) is 2.12. The van der Waals surface area contributed by atoms with Crippen molar-refractivity contribution in [2.24, 2.45) is 7.05 Å². The quantitative estimate of drug-likeness (QED) is 0.602. The van der Waals surface area contributed by atoms with Crippen molar-refractivity contribution < 1.29 is 0 Å². The van der Waals surface area contributed by atoms with Crippen LogP contribution < -0.4 is 5.56 Å². The predicted molar refractivity (Wildman–Crippen MR) is 51.7 cm³/mol. The molecular weight excluding hydrogens is 164 g/mol. The van der Waals surface area contributed by atoms with Crippen molar-refractivity contribution in [2.45, 2.75) is 6.92 Å². The van der Waals surface area contributed by atoms with Gasteiger partial charge < -0.3 is 4.57 Å². The van der Waals surface area contributed by atoms with Crippen LogP contribution in [0.25, 0.3) is 11.0 Å². The summed E-state index contributed by atoms with van der Waals surface area (Å²) < 4.78 is 1.61. The maximum atomic E-state index is 11.2. The topological polar surface area (TPSA) is 34.9 Å². The Morgan fingerprint density at radius 3 is 2.92 bits per heavy atom. The smallest absolute Gasteiger partial charge is 0.269 e. The van der Waals surface area contributed by atoms with Crippen molar-refractivity contribution in [2.75, 3.05) is 0 Å². The van der Waals surface area contributed by atoms with Crippen LogP contribution in [0.1, 0.15) is 5.56 Å². The molecule has 0 aliphatic carbocycles. The highest BCUT2D eigenvalue weighted by atomic mass is 16.1. The molecule has 3 nitrogen and oxygen atoms in total. The second kappa shape index (κ2) is 2.69. The zero-order valence-electron chi connectivity index (χ0n) is 7.61. The summed E-state index contributed by atoms with van der Waals surface area (Å²) in [4.78, 5) is 15.3. The minimum Gasteiger partial charge on any atom is -0.309 e. The average molecular weight is 174 g/mol. The van der Waals surface area contributed by atoms with Crippen molar-refractivity contribution in [3.05, 3.63) is 40.3 Å². The van der Waals surface area contributed by atoms with E-state index >= 15 is 0 Å². The molecule has 0 N–H and O–H groups in total. The normalized spacial score (nSPS) is 10.6. The Hall–Kier alpha value is -1.64. The van der Waals surface area contributed by atoms with Crippen molar-refractivity contribution in [3.8, 4) is 0 Å². The van der Waals surface area contributed by atoms with Crippen LogP contribution in [0.4, 0.5) is 0 Å². The van der Waals surface area contributed by atoms with E-state index in [9.17, 15) is 4.79 Å². The zero-order chi connectivity index (χ0) is 9.42. The highest BCUT2D eigenvalue weighted by molar-refractivity contribution is 5.75. The number of hydrogen-bond acceptors (Lipinski definition) is 2. The lowest BCUT2D eigenvalue weighted by Gasteiger charge is -2.03. The van der Waals surface area contributed by atoms with E-state index in [0.717, 1.165) is 16.6 Å². The minimum absolute atomic E-state index is 0.0712. The zero-order valence-corrected chi connectivity index (χ0v) is 7.61. The molecule has 0 amide bonds. The molecule has 0 atom stereocenters. The SMILES string of the molecule is Cc1ccc2ncc(=O)n(C)c2c1. The Morgan fingerprint density at radius 1 is 1.38 bits per heavy atom. The lowest BCUT2D eigenvalue weighted by molar-refractivity contribution is 0.891. The molecule has 0 fully saturated rings. The Labute approximate surface area is 75.7 Å². The van der Waals surface area contributed by atoms with E-state index in [0.29, 0.717) is 0 Å². The van der Waals surface area contributed by atoms with Gasteiger partial charge in [-0.2, -0.15) is 0 Å². The molecule has 66 valence electrons. The summed E-state index contributed by atoms with van der Waals surface area (Å²) >= 11 is 0. The maximum absolute atomic E-state index is 11.2. The molecule has 0 aliphatic heterocycles. The van der Waals surface area contributed by atoms with Gasteiger partial charge >= 0.3 is 0 Å². The van der Waals surface area contributed by atoms with Gasteiger partial charge in [0.05, 0.1) is 17.2 Å². The summed E-state index contributed by atoms with van der Waals surface area (Å²) in [6.45, 7) is 2.00. The van der Waals surface area contributed by atoms with Crippen molar-refractivity contribution >= 4 is 11.0 Å². The van der Waals surface area contributed by atoms with Crippen molar-refractivity contribution in [1.29, 1.82) is 0 Å². The third kappa shape index (κ3) is 1.22. The minimum atomic E-state index is -0.0712. The highest BCUT2D eigenvalue weighted by Crippen LogP contribution is 2.09. The number of nitrogens with zero attached hydrogens (tertiary/aromatic N) is 2. The van der Waals surface area contributed by atoms with Gasteiger partial charge in [0.2, 0.25) is 0 Å². The first-order valence-electron chi connectivity index (χ1n) is 4.11. The number of aromatic nitrogens is 2. The first-order chi connectivity index (χ1) is 6.18. The van der Waals surface area contributed by atoms with E-state index in [1.807, 2.05) is 25.1 Å². The lowest BCUT2D eigenvalue weighted by Crippen LogP contribution is -2.16. The summed E-state index contributed by atoms with van der Waals surface area (Å²) in [6, 6.07) is 5.87. The van der Waals surface area contributed by atoms with Crippen molar-refractivity contribution in [3.63, 3.8) is 0 Å². The summed E-state index contributed by atoms with van der Waals surface area (Å²) in [5.74, 6) is 0. The van der Waals surface area contributed by atoms with Gasteiger partial charge in [0.15, 0.2) is 0 Å². The number of rotatable bonds is 0. The lowest BCUT2D eigenvalue weighted by atomic mass is 10.2. The third-order valence-corrected chi connectivity index (χ3v) is 2.14. The van der Waals surface area contributed by atoms with Crippen LogP contribution in [0.2, 0.25) is 0 Å². The fourth-order valence-corrected chi connectivity index (χ4v) is 1.34. The summed E-state index contributed by atoms with van der Waals surface area (Å²) in [5, 5.41) is 0. The van der Waals surface area contributed by atoms with Gasteiger partial charge in [-0.1, -0.05) is 6.07 Å². The molecule has 0 saturated heterocycles. The molecule has 0 bridgehead atoms. The van der Waals surface area contributed by atoms with Gasteiger partial charge in [0.1, 0.15) is 0 Å². The highest BCUT2D eigenvalue weighted by Gasteiger charge is 1.99. The van der Waals surface area contributed by atoms with Crippen LogP contribution in [-0.2, 0) is 7.05 Å². The van der Waals surface area contributed by atoms with Gasteiger partial charge in [0.25, 0.3) is 5.56 Å². The fraction of sp³-hybridized carbons (Fsp3) is 0.200. The fourth-order valence-electron chi connectivity index (χ4n) is 1.34. The molecule has 1 aromatic heterocycles. The summed E-state index contributed by atoms with van der Waals surface area (Å²) in [7, 11) is 1.76.